The number of hydrogen-bond donors (Lipinski definition) is 3. The molecule has 0 radical (unpaired) electrons. The van der Waals surface area contributed by atoms with Crippen LogP contribution in [0.5, 0.6) is 0 Å². The topological polar surface area (TPSA) is 195 Å². The van der Waals surface area contributed by atoms with Crippen molar-refractivity contribution >= 4 is 23.0 Å². The summed E-state index contributed by atoms with van der Waals surface area (Å²) in [5, 5.41) is 2.53. The van der Waals surface area contributed by atoms with Gasteiger partial charge in [-0.3, -0.25) is 18.7 Å². The van der Waals surface area contributed by atoms with Crippen molar-refractivity contribution in [3.8, 4) is 24.7 Å². The molecule has 0 atom stereocenters. The maximum Gasteiger partial charge on any atom is 0.333 e. The minimum atomic E-state index is -0.861. The number of terminal acetylenes is 2. The first kappa shape index (κ1) is 24.5. The van der Waals surface area contributed by atoms with Crippen LogP contribution in [0.1, 0.15) is 13.8 Å². The number of hydrogen-bond acceptors (Lipinski definition) is 9. The van der Waals surface area contributed by atoms with Gasteiger partial charge in [0, 0.05) is 13.1 Å². The van der Waals surface area contributed by atoms with E-state index >= 15 is 0 Å². The minimum absolute atomic E-state index is 0.0132. The molecular weight excluding hydrogens is 408 g/mol. The fraction of sp³-hybridized carbons (Fsp3) is 0.333. The van der Waals surface area contributed by atoms with Crippen LogP contribution < -0.4 is 39.7 Å². The molecule has 2 aromatic rings. The van der Waals surface area contributed by atoms with E-state index in [0.717, 1.165) is 13.7 Å². The van der Waals surface area contributed by atoms with Gasteiger partial charge in [0.1, 0.15) is 17.3 Å². The first-order valence-electron chi connectivity index (χ1n) is 8.84. The molecule has 0 saturated carbocycles. The maximum absolute atomic E-state index is 11.7. The van der Waals surface area contributed by atoms with Gasteiger partial charge in [0.05, 0.1) is 13.1 Å². The van der Waals surface area contributed by atoms with Crippen molar-refractivity contribution in [2.24, 2.45) is 5.18 Å². The number of nitrogens with zero attached hydrogens (tertiary/aromatic N) is 5. The molecule has 0 amide bonds. The van der Waals surface area contributed by atoms with Gasteiger partial charge in [0.15, 0.2) is 0 Å². The smallest absolute Gasteiger partial charge is 0.333 e. The zero-order valence-corrected chi connectivity index (χ0v) is 17.0. The van der Waals surface area contributed by atoms with Crippen LogP contribution in [0.25, 0.3) is 0 Å². The molecular formula is C18H22N8O5. The summed E-state index contributed by atoms with van der Waals surface area (Å²) >= 11 is 0. The Kier molecular flexibility index (Phi) is 8.16. The molecule has 0 fully saturated rings. The van der Waals surface area contributed by atoms with Gasteiger partial charge < -0.3 is 17.2 Å². The molecule has 0 saturated heterocycles. The molecule has 0 aliphatic heterocycles. The van der Waals surface area contributed by atoms with E-state index < -0.39 is 28.2 Å². The van der Waals surface area contributed by atoms with Crippen molar-refractivity contribution in [3.63, 3.8) is 0 Å². The molecule has 13 heteroatoms. The summed E-state index contributed by atoms with van der Waals surface area (Å²) in [5.41, 5.74) is 13.2. The Morgan fingerprint density at radius 1 is 0.774 bits per heavy atom. The zero-order valence-electron chi connectivity index (χ0n) is 17.0. The van der Waals surface area contributed by atoms with E-state index in [4.69, 9.17) is 30.0 Å². The Labute approximate surface area is 175 Å². The normalized spacial score (nSPS) is 9.81. The standard InChI is InChI=1S/C9H10N4O3.C9H12N4O2/c1-3-5-13-8(14)6(11-16)7(10)12(4-2)9(13)15;1-3-5-13-8(14)6(10)7(11)12(4-2)9(13)15/h1H,4-5,10H2,2H3;1H,4-5,10-11H2,2H3. The highest BCUT2D eigenvalue weighted by molar-refractivity contribution is 5.57. The molecule has 31 heavy (non-hydrogen) atoms. The van der Waals surface area contributed by atoms with Crippen molar-refractivity contribution in [2.75, 3.05) is 17.2 Å². The fourth-order valence-electron chi connectivity index (χ4n) is 2.60. The van der Waals surface area contributed by atoms with Gasteiger partial charge in [-0.2, -0.15) is 0 Å². The molecule has 164 valence electrons. The van der Waals surface area contributed by atoms with Crippen molar-refractivity contribution < 1.29 is 0 Å². The first-order chi connectivity index (χ1) is 14.6. The van der Waals surface area contributed by atoms with Crippen LogP contribution in [0, 0.1) is 29.6 Å². The third-order valence-electron chi connectivity index (χ3n) is 4.17. The predicted molar refractivity (Wildman–Crippen MR) is 118 cm³/mol. The Morgan fingerprint density at radius 2 is 1.19 bits per heavy atom. The Balaban J connectivity index is 0.000000311. The molecule has 0 aliphatic rings. The van der Waals surface area contributed by atoms with E-state index in [1.807, 2.05) is 0 Å². The Morgan fingerprint density at radius 3 is 1.58 bits per heavy atom. The molecule has 0 bridgehead atoms. The van der Waals surface area contributed by atoms with Crippen LogP contribution in [0.3, 0.4) is 0 Å². The lowest BCUT2D eigenvalue weighted by Crippen LogP contribution is -2.41. The van der Waals surface area contributed by atoms with Gasteiger partial charge >= 0.3 is 11.4 Å². The Hall–Kier alpha value is -4.52. The van der Waals surface area contributed by atoms with E-state index in [1.165, 1.54) is 4.57 Å². The van der Waals surface area contributed by atoms with Crippen molar-refractivity contribution in [1.82, 2.24) is 18.3 Å². The number of aromatic nitrogens is 4. The lowest BCUT2D eigenvalue weighted by atomic mass is 10.4. The van der Waals surface area contributed by atoms with E-state index in [1.54, 1.807) is 13.8 Å². The summed E-state index contributed by atoms with van der Waals surface area (Å²) in [6.07, 6.45) is 10.1. The quantitative estimate of drug-likeness (QED) is 0.375. The highest BCUT2D eigenvalue weighted by atomic mass is 16.3. The van der Waals surface area contributed by atoms with E-state index in [2.05, 4.69) is 17.0 Å². The highest BCUT2D eigenvalue weighted by Crippen LogP contribution is 2.13. The van der Waals surface area contributed by atoms with Crippen LogP contribution in [-0.4, -0.2) is 18.3 Å². The first-order valence-corrected chi connectivity index (χ1v) is 8.84. The van der Waals surface area contributed by atoms with Crippen LogP contribution in [0.15, 0.2) is 24.4 Å². The summed E-state index contributed by atoms with van der Waals surface area (Å²) in [7, 11) is 0. The molecule has 2 heterocycles. The van der Waals surface area contributed by atoms with Crippen LogP contribution in [0.2, 0.25) is 0 Å². The van der Waals surface area contributed by atoms with Crippen molar-refractivity contribution in [2.45, 2.75) is 40.0 Å². The molecule has 2 aromatic heterocycles. The van der Waals surface area contributed by atoms with Crippen LogP contribution >= 0.6 is 0 Å². The van der Waals surface area contributed by atoms with Gasteiger partial charge in [0.25, 0.3) is 11.1 Å². The SMILES string of the molecule is C#CCn1c(=O)c(N)c(N)n(CC)c1=O.C#CCn1c(=O)c(N=O)c(N)n(CC)c1=O. The van der Waals surface area contributed by atoms with Gasteiger partial charge in [0.2, 0.25) is 5.69 Å². The van der Waals surface area contributed by atoms with Crippen LogP contribution in [0.4, 0.5) is 23.0 Å². The second-order valence-corrected chi connectivity index (χ2v) is 5.87. The average molecular weight is 430 g/mol. The molecule has 6 N–H and O–H groups in total. The predicted octanol–water partition coefficient (Wildman–Crippen LogP) is -1.53. The van der Waals surface area contributed by atoms with E-state index in [9.17, 15) is 24.1 Å². The molecule has 13 nitrogen and oxygen atoms in total. The summed E-state index contributed by atoms with van der Waals surface area (Å²) in [5.74, 6) is 4.12. The maximum atomic E-state index is 11.7. The van der Waals surface area contributed by atoms with Gasteiger partial charge in [-0.25, -0.2) is 18.7 Å². The summed E-state index contributed by atoms with van der Waals surface area (Å²) in [4.78, 5) is 57.0. The lowest BCUT2D eigenvalue weighted by molar-refractivity contribution is 0.621. The average Bonchev–Trinajstić information content (AvgIpc) is 2.74. The molecule has 0 unspecified atom stereocenters. The zero-order chi connectivity index (χ0) is 23.9. The second-order valence-electron chi connectivity index (χ2n) is 5.87. The van der Waals surface area contributed by atoms with Crippen molar-refractivity contribution in [1.29, 1.82) is 0 Å². The number of nitrogen functional groups attached to an aromatic ring is 3. The lowest BCUT2D eigenvalue weighted by Gasteiger charge is -2.11. The van der Waals surface area contributed by atoms with Gasteiger partial charge in [-0.15, -0.1) is 17.8 Å². The van der Waals surface area contributed by atoms with E-state index in [-0.39, 0.29) is 37.0 Å². The molecule has 0 aromatic carbocycles. The summed E-state index contributed by atoms with van der Waals surface area (Å²) in [6, 6.07) is 0. The monoisotopic (exact) mass is 430 g/mol. The minimum Gasteiger partial charge on any atom is -0.391 e. The molecule has 2 rings (SSSR count). The van der Waals surface area contributed by atoms with Gasteiger partial charge in [-0.05, 0) is 19.0 Å². The molecule has 0 spiro atoms. The van der Waals surface area contributed by atoms with E-state index in [0.29, 0.717) is 6.54 Å². The second kappa shape index (κ2) is 10.3. The summed E-state index contributed by atoms with van der Waals surface area (Å²) < 4.78 is 3.90. The highest BCUT2D eigenvalue weighted by Gasteiger charge is 2.16. The number of rotatable bonds is 5. The molecule has 0 aliphatic carbocycles. The summed E-state index contributed by atoms with van der Waals surface area (Å²) in [6.45, 7) is 3.60. The fourth-order valence-corrected chi connectivity index (χ4v) is 2.60. The Bertz CT molecular complexity index is 1310. The number of nitroso groups, excluding NO2 is 1. The van der Waals surface area contributed by atoms with Crippen LogP contribution in [-0.2, 0) is 26.2 Å². The number of nitrogens with two attached hydrogens (primary N) is 3. The van der Waals surface area contributed by atoms with Crippen molar-refractivity contribution in [3.05, 3.63) is 46.6 Å². The van der Waals surface area contributed by atoms with Gasteiger partial charge in [-0.1, -0.05) is 11.8 Å². The largest absolute Gasteiger partial charge is 0.391 e. The third-order valence-corrected chi connectivity index (χ3v) is 4.17. The number of anilines is 3. The third kappa shape index (κ3) is 4.56.